The summed E-state index contributed by atoms with van der Waals surface area (Å²) in [5.74, 6) is -1.40. The zero-order valence-corrected chi connectivity index (χ0v) is 9.74. The maximum atomic E-state index is 12.4. The Morgan fingerprint density at radius 1 is 1.56 bits per heavy atom. The molecule has 0 atom stereocenters. The van der Waals surface area contributed by atoms with Crippen LogP contribution < -0.4 is 0 Å². The average Bonchev–Trinajstić information content (AvgIpc) is 2.25. The Morgan fingerprint density at radius 2 is 2.11 bits per heavy atom. The lowest BCUT2D eigenvalue weighted by Gasteiger charge is -2.02. The topological polar surface area (TPSA) is 114 Å². The predicted molar refractivity (Wildman–Crippen MR) is 53.6 cm³/mol. The minimum Gasteiger partial charge on any atom is -0.358 e. The molecule has 0 bridgehead atoms. The van der Waals surface area contributed by atoms with E-state index in [1.807, 2.05) is 0 Å². The molecule has 0 aromatic carbocycles. The summed E-state index contributed by atoms with van der Waals surface area (Å²) in [6.07, 6.45) is -3.19. The molecule has 0 aliphatic rings. The Kier molecular flexibility index (Phi) is 3.78. The number of rotatable bonds is 3. The molecule has 1 aromatic heterocycles. The van der Waals surface area contributed by atoms with Gasteiger partial charge in [-0.3, -0.25) is 0 Å². The fraction of sp³-hybridized carbons (Fsp3) is 0.143. The van der Waals surface area contributed by atoms with Gasteiger partial charge in [0, 0.05) is 16.7 Å². The first-order chi connectivity index (χ1) is 8.18. The fourth-order valence-electron chi connectivity index (χ4n) is 1.10. The summed E-state index contributed by atoms with van der Waals surface area (Å²) in [4.78, 5) is 11.0. The number of nitro groups is 1. The smallest absolute Gasteiger partial charge is 0.358 e. The monoisotopic (exact) mass is 297 g/mol. The molecule has 0 radical (unpaired) electrons. The van der Waals surface area contributed by atoms with Gasteiger partial charge in [-0.25, -0.2) is 17.2 Å². The van der Waals surface area contributed by atoms with Gasteiger partial charge < -0.3 is 10.1 Å². The van der Waals surface area contributed by atoms with Gasteiger partial charge in [-0.05, 0) is 9.91 Å². The molecule has 1 aromatic rings. The molecule has 11 heteroatoms. The van der Waals surface area contributed by atoms with Crippen LogP contribution in [-0.4, -0.2) is 18.3 Å². The van der Waals surface area contributed by atoms with Crippen molar-refractivity contribution in [1.82, 2.24) is 4.98 Å². The lowest BCUT2D eigenvalue weighted by atomic mass is 10.2. The van der Waals surface area contributed by atoms with E-state index in [9.17, 15) is 27.3 Å². The van der Waals surface area contributed by atoms with Gasteiger partial charge in [-0.2, -0.15) is 5.26 Å². The summed E-state index contributed by atoms with van der Waals surface area (Å²) in [6, 6.07) is 1.69. The average molecular weight is 298 g/mol. The number of hydrogen-bond donors (Lipinski definition) is 0. The predicted octanol–water partition coefficient (Wildman–Crippen LogP) is 1.73. The molecule has 1 heterocycles. The van der Waals surface area contributed by atoms with Crippen LogP contribution in [0, 0.1) is 21.4 Å². The molecular formula is C7H2ClF2N3O4S. The summed E-state index contributed by atoms with van der Waals surface area (Å²) in [5.41, 5.74) is -1.94. The van der Waals surface area contributed by atoms with Gasteiger partial charge in [0.25, 0.3) is 9.05 Å². The first-order valence-electron chi connectivity index (χ1n) is 4.00. The summed E-state index contributed by atoms with van der Waals surface area (Å²) >= 11 is 0. The van der Waals surface area contributed by atoms with Gasteiger partial charge >= 0.3 is 12.2 Å². The fourth-order valence-corrected chi connectivity index (χ4v) is 2.26. The van der Waals surface area contributed by atoms with Gasteiger partial charge in [0.2, 0.25) is 5.69 Å². The van der Waals surface area contributed by atoms with Gasteiger partial charge in [-0.1, -0.05) is 0 Å². The molecule has 0 spiro atoms. The third kappa shape index (κ3) is 2.69. The van der Waals surface area contributed by atoms with Crippen LogP contribution in [0.4, 0.5) is 14.6 Å². The molecule has 0 aliphatic carbocycles. The van der Waals surface area contributed by atoms with Crippen LogP contribution in [0.5, 0.6) is 0 Å². The third-order valence-corrected chi connectivity index (χ3v) is 3.09. The number of halogens is 3. The SMILES string of the molecule is N#Cc1cc(C(F)F)nc([N+](=O)[O-])c1S(=O)(=O)Cl. The molecule has 0 saturated heterocycles. The first-order valence-corrected chi connectivity index (χ1v) is 6.31. The van der Waals surface area contributed by atoms with Crippen molar-refractivity contribution in [3.63, 3.8) is 0 Å². The lowest BCUT2D eigenvalue weighted by molar-refractivity contribution is -0.392. The number of hydrogen-bond acceptors (Lipinski definition) is 6. The van der Waals surface area contributed by atoms with E-state index in [0.717, 1.165) is 0 Å². The van der Waals surface area contributed by atoms with Crippen molar-refractivity contribution in [3.05, 3.63) is 27.4 Å². The summed E-state index contributed by atoms with van der Waals surface area (Å²) in [6.45, 7) is 0. The van der Waals surface area contributed by atoms with Crippen LogP contribution >= 0.6 is 10.7 Å². The van der Waals surface area contributed by atoms with Crippen molar-refractivity contribution >= 4 is 25.6 Å². The zero-order chi connectivity index (χ0) is 14.1. The summed E-state index contributed by atoms with van der Waals surface area (Å²) in [5, 5.41) is 19.2. The largest absolute Gasteiger partial charge is 0.385 e. The van der Waals surface area contributed by atoms with Crippen molar-refractivity contribution in [2.24, 2.45) is 0 Å². The summed E-state index contributed by atoms with van der Waals surface area (Å²) < 4.78 is 47.0. The highest BCUT2D eigenvalue weighted by Gasteiger charge is 2.33. The highest BCUT2D eigenvalue weighted by atomic mass is 35.7. The van der Waals surface area contributed by atoms with E-state index in [4.69, 9.17) is 15.9 Å². The Bertz CT molecular complexity index is 655. The number of pyridine rings is 1. The molecule has 0 fully saturated rings. The van der Waals surface area contributed by atoms with Crippen LogP contribution in [-0.2, 0) is 9.05 Å². The molecule has 0 saturated carbocycles. The molecule has 18 heavy (non-hydrogen) atoms. The second-order valence-electron chi connectivity index (χ2n) is 2.85. The van der Waals surface area contributed by atoms with E-state index in [0.29, 0.717) is 6.07 Å². The third-order valence-electron chi connectivity index (χ3n) is 1.74. The molecule has 1 rings (SSSR count). The number of aromatic nitrogens is 1. The van der Waals surface area contributed by atoms with Crippen LogP contribution in [0.2, 0.25) is 0 Å². The minimum absolute atomic E-state index is 0.437. The minimum atomic E-state index is -4.66. The van der Waals surface area contributed by atoms with Crippen molar-refractivity contribution < 1.29 is 22.1 Å². The molecule has 0 N–H and O–H groups in total. The van der Waals surface area contributed by atoms with E-state index >= 15 is 0 Å². The molecule has 96 valence electrons. The van der Waals surface area contributed by atoms with E-state index in [2.05, 4.69) is 4.98 Å². The van der Waals surface area contributed by atoms with Gasteiger partial charge in [0.1, 0.15) is 6.07 Å². The number of nitriles is 1. The zero-order valence-electron chi connectivity index (χ0n) is 8.17. The standard InChI is InChI=1S/C7H2ClF2N3O4S/c8-18(16,17)5-3(2-11)1-4(6(9)10)12-7(5)13(14)15/h1,6H. The first kappa shape index (κ1) is 14.2. The Morgan fingerprint density at radius 3 is 2.44 bits per heavy atom. The number of alkyl halides is 2. The summed E-state index contributed by atoms with van der Waals surface area (Å²) in [7, 11) is 0.250. The normalized spacial score (nSPS) is 11.3. The van der Waals surface area contributed by atoms with Gasteiger partial charge in [0.05, 0.1) is 5.56 Å². The second kappa shape index (κ2) is 4.79. The second-order valence-corrected chi connectivity index (χ2v) is 5.36. The number of nitrogens with zero attached hydrogens (tertiary/aromatic N) is 3. The molecule has 0 unspecified atom stereocenters. The van der Waals surface area contributed by atoms with Crippen molar-refractivity contribution in [1.29, 1.82) is 5.26 Å². The molecule has 0 aliphatic heterocycles. The van der Waals surface area contributed by atoms with Crippen molar-refractivity contribution in [2.45, 2.75) is 11.3 Å². The lowest BCUT2D eigenvalue weighted by Crippen LogP contribution is -2.07. The van der Waals surface area contributed by atoms with E-state index in [1.54, 1.807) is 0 Å². The quantitative estimate of drug-likeness (QED) is 0.477. The van der Waals surface area contributed by atoms with Crippen molar-refractivity contribution in [3.8, 4) is 6.07 Å². The van der Waals surface area contributed by atoms with E-state index in [1.165, 1.54) is 6.07 Å². The molecule has 0 amide bonds. The molecular weight excluding hydrogens is 296 g/mol. The Hall–Kier alpha value is -1.86. The van der Waals surface area contributed by atoms with Crippen LogP contribution in [0.15, 0.2) is 11.0 Å². The van der Waals surface area contributed by atoms with Crippen molar-refractivity contribution in [2.75, 3.05) is 0 Å². The maximum Gasteiger partial charge on any atom is 0.385 e. The Balaban J connectivity index is 3.81. The van der Waals surface area contributed by atoms with Crippen LogP contribution in [0.1, 0.15) is 17.7 Å². The van der Waals surface area contributed by atoms with E-state index in [-0.39, 0.29) is 0 Å². The molecule has 7 nitrogen and oxygen atoms in total. The highest BCUT2D eigenvalue weighted by Crippen LogP contribution is 2.31. The highest BCUT2D eigenvalue weighted by molar-refractivity contribution is 8.13. The van der Waals surface area contributed by atoms with E-state index < -0.39 is 42.4 Å². The van der Waals surface area contributed by atoms with Gasteiger partial charge in [-0.15, -0.1) is 0 Å². The van der Waals surface area contributed by atoms with Crippen LogP contribution in [0.25, 0.3) is 0 Å². The van der Waals surface area contributed by atoms with Crippen LogP contribution in [0.3, 0.4) is 0 Å². The van der Waals surface area contributed by atoms with Gasteiger partial charge in [0.15, 0.2) is 4.90 Å². The Labute approximate surface area is 103 Å². The maximum absolute atomic E-state index is 12.4.